The van der Waals surface area contributed by atoms with Crippen LogP contribution in [0, 0.1) is 34.0 Å². The molecule has 0 amide bonds. The predicted octanol–water partition coefficient (Wildman–Crippen LogP) is -3.95. The van der Waals surface area contributed by atoms with Crippen LogP contribution in [0.4, 0.5) is 0 Å². The minimum atomic E-state index is -2.12. The molecule has 0 aromatic heterocycles. The normalized spacial score (nSPS) is 8.54. The van der Waals surface area contributed by atoms with Crippen LogP contribution in [0.5, 0.6) is 0 Å². The van der Waals surface area contributed by atoms with Gasteiger partial charge >= 0.3 is 26.2 Å². The molecule has 0 aromatic carbocycles. The van der Waals surface area contributed by atoms with Crippen molar-refractivity contribution < 1.29 is 34.4 Å². The smallest absolute Gasteiger partial charge is 1.00 e. The van der Waals surface area contributed by atoms with Crippen molar-refractivity contribution in [2.75, 3.05) is 0 Å². The molecule has 9 heteroatoms. The van der Waals surface area contributed by atoms with Crippen molar-refractivity contribution in [2.45, 2.75) is 4.75 Å². The summed E-state index contributed by atoms with van der Waals surface area (Å²) in [7, 11) is -2.12. The van der Waals surface area contributed by atoms with Crippen molar-refractivity contribution in [3.63, 3.8) is 0 Å². The third-order valence-electron chi connectivity index (χ3n) is 0.732. The predicted molar refractivity (Wildman–Crippen MR) is 39.5 cm³/mol. The molecular weight excluding hydrogens is 188 g/mol. The fourth-order valence-corrected chi connectivity index (χ4v) is 0.588. The first-order valence-electron chi connectivity index (χ1n) is 2.54. The average Bonchev–Trinajstić information content (AvgIpc) is 2.08. The largest absolute Gasteiger partial charge is 1.00 e. The summed E-state index contributed by atoms with van der Waals surface area (Å²) in [6, 6.07) is 4.09. The van der Waals surface area contributed by atoms with Crippen LogP contribution >= 0.6 is 12.0 Å². The van der Waals surface area contributed by atoms with E-state index in [-0.39, 0.29) is 32.3 Å². The Morgan fingerprint density at radius 1 is 1.23 bits per heavy atom. The molecule has 0 heterocycles. The van der Waals surface area contributed by atoms with Gasteiger partial charge in [0.25, 0.3) is 4.75 Å². The summed E-state index contributed by atoms with van der Waals surface area (Å²) in [6.07, 6.45) is 0. The fourth-order valence-electron chi connectivity index (χ4n) is 0.246. The van der Waals surface area contributed by atoms with Gasteiger partial charge in [-0.25, -0.2) is 0 Å². The molecule has 0 saturated heterocycles. The van der Waals surface area contributed by atoms with E-state index in [4.69, 9.17) is 25.8 Å². The summed E-state index contributed by atoms with van der Waals surface area (Å²) in [5.74, 6) is 0. The van der Waals surface area contributed by atoms with Gasteiger partial charge in [0.15, 0.2) is 0 Å². The maximum Gasteiger partial charge on any atom is 1.00 e. The van der Waals surface area contributed by atoms with Crippen molar-refractivity contribution in [3.8, 4) is 18.2 Å². The van der Waals surface area contributed by atoms with E-state index >= 15 is 0 Å². The number of nitriles is 3. The molecule has 62 valence electrons. The van der Waals surface area contributed by atoms with E-state index in [0.717, 1.165) is 0 Å². The Morgan fingerprint density at radius 2 is 1.62 bits per heavy atom. The van der Waals surface area contributed by atoms with Gasteiger partial charge in [-0.1, -0.05) is 0 Å². The quantitative estimate of drug-likeness (QED) is 0.344. The van der Waals surface area contributed by atoms with Crippen LogP contribution in [0.1, 0.15) is 1.43 Å². The SMILES string of the molecule is N#CC(C#N)(C#N)SOB(O)O.[H-].[Li+]. The van der Waals surface area contributed by atoms with Gasteiger partial charge in [0, 0.05) is 12.0 Å². The Morgan fingerprint density at radius 3 is 1.85 bits per heavy atom. The van der Waals surface area contributed by atoms with Crippen LogP contribution in [0.25, 0.3) is 0 Å². The molecule has 0 atom stereocenters. The van der Waals surface area contributed by atoms with Crippen molar-refractivity contribution in [3.05, 3.63) is 0 Å². The van der Waals surface area contributed by atoms with E-state index in [2.05, 4.69) is 4.10 Å². The molecule has 0 aliphatic carbocycles. The monoisotopic (exact) mass is 191 g/mol. The molecule has 0 radical (unpaired) electrons. The summed E-state index contributed by atoms with van der Waals surface area (Å²) in [4.78, 5) is 0. The number of rotatable bonds is 3. The summed E-state index contributed by atoms with van der Waals surface area (Å²) in [5, 5.41) is 41.4. The van der Waals surface area contributed by atoms with Crippen LogP contribution in [0.2, 0.25) is 0 Å². The van der Waals surface area contributed by atoms with Crippen LogP contribution in [-0.4, -0.2) is 22.1 Å². The first kappa shape index (κ1) is 14.9. The van der Waals surface area contributed by atoms with Gasteiger partial charge in [-0.2, -0.15) is 15.8 Å². The van der Waals surface area contributed by atoms with Gasteiger partial charge in [0.05, 0.1) is 0 Å². The van der Waals surface area contributed by atoms with E-state index < -0.39 is 12.1 Å². The standard InChI is InChI=1S/C4H2BN3O3S.Li.H/c6-1-4(2-7,3-8)12-11-5(9)10;;/h9-10H;;/q;+1;-1. The van der Waals surface area contributed by atoms with Crippen LogP contribution in [0.3, 0.4) is 0 Å². The van der Waals surface area contributed by atoms with Crippen LogP contribution < -0.4 is 18.9 Å². The molecule has 0 unspecified atom stereocenters. The molecule has 0 aliphatic heterocycles. The molecule has 0 aliphatic rings. The summed E-state index contributed by atoms with van der Waals surface area (Å²) >= 11 is 0.0937. The third-order valence-corrected chi connectivity index (χ3v) is 1.52. The Balaban J connectivity index is -0.000000605. The summed E-state index contributed by atoms with van der Waals surface area (Å²) < 4.78 is 1.99. The molecule has 13 heavy (non-hydrogen) atoms. The molecule has 0 fully saturated rings. The second-order valence-corrected chi connectivity index (χ2v) is 2.49. The Bertz CT molecular complexity index is 249. The first-order valence-corrected chi connectivity index (χ1v) is 3.29. The second kappa shape index (κ2) is 6.83. The zero-order valence-electron chi connectivity index (χ0n) is 7.63. The van der Waals surface area contributed by atoms with Crippen molar-refractivity contribution in [2.24, 2.45) is 0 Å². The van der Waals surface area contributed by atoms with E-state index in [0.29, 0.717) is 0 Å². The molecule has 0 saturated carbocycles. The molecule has 0 spiro atoms. The zero-order valence-corrected chi connectivity index (χ0v) is 7.45. The van der Waals surface area contributed by atoms with E-state index in [1.165, 1.54) is 18.2 Å². The topological polar surface area (TPSA) is 121 Å². The maximum absolute atomic E-state index is 8.33. The van der Waals surface area contributed by atoms with Gasteiger partial charge in [0.1, 0.15) is 18.2 Å². The molecule has 0 bridgehead atoms. The van der Waals surface area contributed by atoms with E-state index in [1.807, 2.05) is 0 Å². The minimum Gasteiger partial charge on any atom is -1.00 e. The first-order chi connectivity index (χ1) is 5.60. The average molecular weight is 191 g/mol. The number of hydrogen-bond acceptors (Lipinski definition) is 7. The zero-order chi connectivity index (χ0) is 9.61. The van der Waals surface area contributed by atoms with Crippen molar-refractivity contribution >= 4 is 19.4 Å². The molecule has 6 nitrogen and oxygen atoms in total. The molecule has 0 aromatic rings. The van der Waals surface area contributed by atoms with Gasteiger partial charge in [-0.3, -0.25) is 0 Å². The Hall–Kier alpha value is -0.638. The molecule has 2 N–H and O–H groups in total. The van der Waals surface area contributed by atoms with E-state index in [1.54, 1.807) is 0 Å². The van der Waals surface area contributed by atoms with E-state index in [9.17, 15) is 0 Å². The van der Waals surface area contributed by atoms with Gasteiger partial charge in [0.2, 0.25) is 0 Å². The Labute approximate surface area is 92.8 Å². The molecule has 0 rings (SSSR count). The van der Waals surface area contributed by atoms with Crippen LogP contribution in [-0.2, 0) is 4.10 Å². The van der Waals surface area contributed by atoms with Crippen molar-refractivity contribution in [1.29, 1.82) is 15.8 Å². The fraction of sp³-hybridized carbons (Fsp3) is 0.250. The summed E-state index contributed by atoms with van der Waals surface area (Å²) in [5.41, 5.74) is 0. The van der Waals surface area contributed by atoms with Gasteiger partial charge in [-0.15, -0.1) is 0 Å². The Kier molecular flexibility index (Phi) is 7.81. The minimum absolute atomic E-state index is 0. The third kappa shape index (κ3) is 4.83. The number of nitrogens with zero attached hydrogens (tertiary/aromatic N) is 3. The summed E-state index contributed by atoms with van der Waals surface area (Å²) in [6.45, 7) is 0. The maximum atomic E-state index is 8.33. The second-order valence-electron chi connectivity index (χ2n) is 1.52. The van der Waals surface area contributed by atoms with Crippen molar-refractivity contribution in [1.82, 2.24) is 0 Å². The van der Waals surface area contributed by atoms with Gasteiger partial charge < -0.3 is 15.6 Å². The van der Waals surface area contributed by atoms with Gasteiger partial charge in [-0.05, 0) is 0 Å². The van der Waals surface area contributed by atoms with Crippen LogP contribution in [0.15, 0.2) is 0 Å². The number of hydrogen-bond donors (Lipinski definition) is 2. The molecular formula is C4H3BLiN3O3S.